The summed E-state index contributed by atoms with van der Waals surface area (Å²) in [7, 11) is 0. The van der Waals surface area contributed by atoms with Crippen molar-refractivity contribution in [2.45, 2.75) is 34.1 Å². The smallest absolute Gasteiger partial charge is 0.136 e. The summed E-state index contributed by atoms with van der Waals surface area (Å²) in [6, 6.07) is 1.92. The fourth-order valence-electron chi connectivity index (χ4n) is 1.56. The Hall–Kier alpha value is -1.16. The summed E-state index contributed by atoms with van der Waals surface area (Å²) in [4.78, 5) is 4.70. The molecule has 0 spiro atoms. The Morgan fingerprint density at radius 2 is 2.12 bits per heavy atom. The van der Waals surface area contributed by atoms with E-state index >= 15 is 0 Å². The monoisotopic (exact) mass is 251 g/mol. The van der Waals surface area contributed by atoms with Crippen molar-refractivity contribution in [2.75, 3.05) is 11.9 Å². The van der Waals surface area contributed by atoms with Crippen molar-refractivity contribution in [3.05, 3.63) is 23.4 Å². The van der Waals surface area contributed by atoms with Gasteiger partial charge in [-0.3, -0.25) is 0 Å². The Balaban J connectivity index is 2.78. The summed E-state index contributed by atoms with van der Waals surface area (Å²) < 4.78 is 0. The maximum absolute atomic E-state index is 5.72. The molecule has 0 unspecified atom stereocenters. The van der Waals surface area contributed by atoms with E-state index < -0.39 is 0 Å². The van der Waals surface area contributed by atoms with Crippen LogP contribution in [0.2, 0.25) is 0 Å². The second-order valence-corrected chi connectivity index (χ2v) is 5.89. The third-order valence-corrected chi connectivity index (χ3v) is 2.78. The van der Waals surface area contributed by atoms with Gasteiger partial charge in [0.2, 0.25) is 0 Å². The first-order valence-corrected chi connectivity index (χ1v) is 6.21. The Morgan fingerprint density at radius 3 is 2.65 bits per heavy atom. The highest BCUT2D eigenvalue weighted by molar-refractivity contribution is 7.80. The molecule has 0 atom stereocenters. The molecule has 0 amide bonds. The summed E-state index contributed by atoms with van der Waals surface area (Å²) in [6.07, 6.45) is 2.84. The van der Waals surface area contributed by atoms with Gasteiger partial charge in [0.25, 0.3) is 0 Å². The molecule has 0 aliphatic heterocycles. The van der Waals surface area contributed by atoms with Gasteiger partial charge in [-0.05, 0) is 30.4 Å². The Bertz CT molecular complexity index is 408. The molecule has 94 valence electrons. The molecule has 0 saturated carbocycles. The molecule has 1 aromatic heterocycles. The highest BCUT2D eigenvalue weighted by Gasteiger charge is 2.12. The highest BCUT2D eigenvalue weighted by Crippen LogP contribution is 2.20. The number of nitrogens with two attached hydrogens (primary N) is 1. The molecule has 0 aliphatic rings. The molecule has 0 fully saturated rings. The summed E-state index contributed by atoms with van der Waals surface area (Å²) >= 11 is 5.06. The van der Waals surface area contributed by atoms with Gasteiger partial charge in [0.05, 0.1) is 5.56 Å². The minimum Gasteiger partial charge on any atom is -0.389 e. The van der Waals surface area contributed by atoms with Gasteiger partial charge in [0.15, 0.2) is 0 Å². The van der Waals surface area contributed by atoms with Crippen molar-refractivity contribution in [1.82, 2.24) is 4.98 Å². The van der Waals surface area contributed by atoms with Crippen molar-refractivity contribution in [3.63, 3.8) is 0 Å². The fraction of sp³-hybridized carbons (Fsp3) is 0.538. The zero-order chi connectivity index (χ0) is 13.1. The lowest BCUT2D eigenvalue weighted by Crippen LogP contribution is -2.18. The van der Waals surface area contributed by atoms with Gasteiger partial charge < -0.3 is 11.1 Å². The number of hydrogen-bond donors (Lipinski definition) is 2. The van der Waals surface area contributed by atoms with Gasteiger partial charge in [-0.2, -0.15) is 0 Å². The third-order valence-electron chi connectivity index (χ3n) is 2.57. The molecule has 0 bridgehead atoms. The highest BCUT2D eigenvalue weighted by atomic mass is 32.1. The molecule has 1 aromatic rings. The first-order valence-electron chi connectivity index (χ1n) is 5.80. The average Bonchev–Trinajstić information content (AvgIpc) is 2.14. The molecular weight excluding hydrogens is 230 g/mol. The number of nitrogens with one attached hydrogen (secondary N) is 1. The van der Waals surface area contributed by atoms with Crippen LogP contribution >= 0.6 is 12.2 Å². The van der Waals surface area contributed by atoms with Crippen molar-refractivity contribution in [3.8, 4) is 0 Å². The van der Waals surface area contributed by atoms with Gasteiger partial charge in [-0.1, -0.05) is 33.0 Å². The number of nitrogens with zero attached hydrogens (tertiary/aromatic N) is 1. The molecular formula is C13H21N3S. The predicted octanol–water partition coefficient (Wildman–Crippen LogP) is 2.87. The van der Waals surface area contributed by atoms with Crippen LogP contribution in [0.4, 0.5) is 5.82 Å². The van der Waals surface area contributed by atoms with E-state index in [-0.39, 0.29) is 0 Å². The van der Waals surface area contributed by atoms with E-state index in [9.17, 15) is 0 Å². The van der Waals surface area contributed by atoms with Crippen LogP contribution in [0.1, 0.15) is 38.3 Å². The lowest BCUT2D eigenvalue weighted by atomic mass is 9.92. The van der Waals surface area contributed by atoms with Crippen molar-refractivity contribution in [2.24, 2.45) is 11.1 Å². The molecule has 3 nitrogen and oxygen atoms in total. The maximum Gasteiger partial charge on any atom is 0.136 e. The first kappa shape index (κ1) is 13.9. The number of rotatable bonds is 4. The second kappa shape index (κ2) is 5.45. The molecule has 17 heavy (non-hydrogen) atoms. The zero-order valence-corrected chi connectivity index (χ0v) is 11.8. The van der Waals surface area contributed by atoms with Crippen LogP contribution in [0.15, 0.2) is 12.3 Å². The fourth-order valence-corrected chi connectivity index (χ4v) is 1.82. The number of pyridine rings is 1. The Kier molecular flexibility index (Phi) is 4.46. The molecule has 0 aromatic carbocycles. The molecule has 1 rings (SSSR count). The molecule has 1 heterocycles. The lowest BCUT2D eigenvalue weighted by Gasteiger charge is -2.19. The van der Waals surface area contributed by atoms with E-state index in [0.717, 1.165) is 29.9 Å². The van der Waals surface area contributed by atoms with Crippen LogP contribution < -0.4 is 11.1 Å². The van der Waals surface area contributed by atoms with Gasteiger partial charge in [-0.15, -0.1) is 0 Å². The zero-order valence-electron chi connectivity index (χ0n) is 11.0. The summed E-state index contributed by atoms with van der Waals surface area (Å²) in [5.41, 5.74) is 7.95. The second-order valence-electron chi connectivity index (χ2n) is 5.45. The van der Waals surface area contributed by atoms with E-state index in [1.165, 1.54) is 0 Å². The normalized spacial score (nSPS) is 11.3. The van der Waals surface area contributed by atoms with Crippen LogP contribution in [0, 0.1) is 12.3 Å². The van der Waals surface area contributed by atoms with Crippen LogP contribution in [-0.4, -0.2) is 16.5 Å². The number of anilines is 1. The van der Waals surface area contributed by atoms with Gasteiger partial charge in [0.1, 0.15) is 10.8 Å². The maximum atomic E-state index is 5.72. The molecule has 0 aliphatic carbocycles. The van der Waals surface area contributed by atoms with Crippen LogP contribution in [0.25, 0.3) is 0 Å². The third kappa shape index (κ3) is 4.30. The minimum absolute atomic E-state index is 0.306. The predicted molar refractivity (Wildman–Crippen MR) is 77.4 cm³/mol. The Labute approximate surface area is 109 Å². The number of hydrogen-bond acceptors (Lipinski definition) is 3. The summed E-state index contributed by atoms with van der Waals surface area (Å²) in [5, 5.41) is 3.31. The van der Waals surface area contributed by atoms with Crippen LogP contribution in [0.3, 0.4) is 0 Å². The number of aromatic nitrogens is 1. The van der Waals surface area contributed by atoms with Crippen molar-refractivity contribution < 1.29 is 0 Å². The largest absolute Gasteiger partial charge is 0.389 e. The van der Waals surface area contributed by atoms with Crippen LogP contribution in [0.5, 0.6) is 0 Å². The summed E-state index contributed by atoms with van der Waals surface area (Å²) in [5.74, 6) is 0.793. The van der Waals surface area contributed by atoms with Crippen molar-refractivity contribution >= 4 is 23.0 Å². The minimum atomic E-state index is 0.306. The Morgan fingerprint density at radius 1 is 1.47 bits per heavy atom. The number of aryl methyl sites for hydroxylation is 1. The van der Waals surface area contributed by atoms with E-state index in [4.69, 9.17) is 18.0 Å². The van der Waals surface area contributed by atoms with E-state index in [1.807, 2.05) is 13.0 Å². The van der Waals surface area contributed by atoms with Gasteiger partial charge >= 0.3 is 0 Å². The standard InChI is InChI=1S/C13H21N3S/c1-9-5-7-15-12(10(9)11(14)17)16-8-6-13(2,3)4/h5,7H,6,8H2,1-4H3,(H2,14,17)(H,15,16). The lowest BCUT2D eigenvalue weighted by molar-refractivity contribution is 0.389. The van der Waals surface area contributed by atoms with E-state index in [2.05, 4.69) is 31.1 Å². The van der Waals surface area contributed by atoms with E-state index in [1.54, 1.807) is 6.20 Å². The topological polar surface area (TPSA) is 50.9 Å². The quantitative estimate of drug-likeness (QED) is 0.808. The molecule has 0 saturated heterocycles. The van der Waals surface area contributed by atoms with E-state index in [0.29, 0.717) is 10.4 Å². The summed E-state index contributed by atoms with van der Waals surface area (Å²) in [6.45, 7) is 9.51. The van der Waals surface area contributed by atoms with Crippen molar-refractivity contribution in [1.29, 1.82) is 0 Å². The molecule has 4 heteroatoms. The average molecular weight is 251 g/mol. The molecule has 3 N–H and O–H groups in total. The SMILES string of the molecule is Cc1ccnc(NCCC(C)(C)C)c1C(N)=S. The van der Waals surface area contributed by atoms with Gasteiger partial charge in [0, 0.05) is 12.7 Å². The van der Waals surface area contributed by atoms with Crippen LogP contribution in [-0.2, 0) is 0 Å². The van der Waals surface area contributed by atoms with Gasteiger partial charge in [-0.25, -0.2) is 4.98 Å². The first-order chi connectivity index (χ1) is 7.81. The molecule has 0 radical (unpaired) electrons. The number of thiocarbonyl (C=S) groups is 1.